The third-order valence-corrected chi connectivity index (χ3v) is 4.80. The molecule has 0 fully saturated rings. The maximum atomic E-state index is 12.8. The molecule has 2 N–H and O–H groups in total. The van der Waals surface area contributed by atoms with Gasteiger partial charge in [-0.05, 0) is 23.0 Å². The number of ketones is 1. The smallest absolute Gasteiger partial charge is 0.205 e. The molecule has 24 heavy (non-hydrogen) atoms. The van der Waals surface area contributed by atoms with Crippen molar-refractivity contribution in [2.24, 2.45) is 11.1 Å². The van der Waals surface area contributed by atoms with Crippen LogP contribution in [0.5, 0.6) is 0 Å². The third kappa shape index (κ3) is 2.71. The molecule has 0 radical (unpaired) electrons. The van der Waals surface area contributed by atoms with Crippen LogP contribution >= 0.6 is 0 Å². The van der Waals surface area contributed by atoms with E-state index in [4.69, 9.17) is 10.5 Å². The van der Waals surface area contributed by atoms with Gasteiger partial charge in [0.25, 0.3) is 0 Å². The Labute approximate surface area is 142 Å². The summed E-state index contributed by atoms with van der Waals surface area (Å²) in [5.41, 5.74) is 8.90. The summed E-state index contributed by atoms with van der Waals surface area (Å²) in [6, 6.07) is 10.2. The zero-order chi connectivity index (χ0) is 17.5. The number of nitriles is 1. The maximum Gasteiger partial charge on any atom is 0.205 e. The molecule has 0 saturated heterocycles. The molecule has 4 nitrogen and oxygen atoms in total. The van der Waals surface area contributed by atoms with Crippen LogP contribution in [0, 0.1) is 16.7 Å². The number of benzene rings is 1. The molecule has 0 amide bonds. The van der Waals surface area contributed by atoms with Crippen molar-refractivity contribution in [3.63, 3.8) is 0 Å². The minimum atomic E-state index is -0.423. The molecule has 0 spiro atoms. The molecular formula is C20H22N2O2. The minimum absolute atomic E-state index is 0.0473. The van der Waals surface area contributed by atoms with Gasteiger partial charge in [0.15, 0.2) is 5.78 Å². The van der Waals surface area contributed by atoms with E-state index in [1.165, 1.54) is 5.56 Å². The van der Waals surface area contributed by atoms with Crippen LogP contribution in [-0.2, 0) is 16.0 Å². The molecule has 1 aromatic carbocycles. The predicted octanol–water partition coefficient (Wildman–Crippen LogP) is 3.70. The largest absolute Gasteiger partial charge is 0.444 e. The highest BCUT2D eigenvalue weighted by molar-refractivity contribution is 6.00. The van der Waals surface area contributed by atoms with Crippen molar-refractivity contribution in [1.82, 2.24) is 0 Å². The Hall–Kier alpha value is -2.54. The number of carbonyl (C=O) groups is 1. The average molecular weight is 322 g/mol. The van der Waals surface area contributed by atoms with Gasteiger partial charge < -0.3 is 10.5 Å². The van der Waals surface area contributed by atoms with Crippen LogP contribution in [0.25, 0.3) is 0 Å². The highest BCUT2D eigenvalue weighted by Crippen LogP contribution is 2.47. The lowest BCUT2D eigenvalue weighted by Crippen LogP contribution is -2.33. The summed E-state index contributed by atoms with van der Waals surface area (Å²) in [6.07, 6.45) is 2.05. The van der Waals surface area contributed by atoms with Crippen molar-refractivity contribution in [3.05, 3.63) is 58.2 Å². The van der Waals surface area contributed by atoms with Gasteiger partial charge in [-0.2, -0.15) is 5.26 Å². The molecule has 124 valence electrons. The predicted molar refractivity (Wildman–Crippen MR) is 91.5 cm³/mol. The summed E-state index contributed by atoms with van der Waals surface area (Å²) >= 11 is 0. The first kappa shape index (κ1) is 16.3. The van der Waals surface area contributed by atoms with E-state index in [9.17, 15) is 10.1 Å². The van der Waals surface area contributed by atoms with Crippen LogP contribution in [0.4, 0.5) is 0 Å². The van der Waals surface area contributed by atoms with Crippen molar-refractivity contribution < 1.29 is 9.53 Å². The Morgan fingerprint density at radius 3 is 2.54 bits per heavy atom. The Morgan fingerprint density at radius 1 is 1.29 bits per heavy atom. The molecule has 1 unspecified atom stereocenters. The second kappa shape index (κ2) is 5.83. The molecule has 2 aliphatic rings. The summed E-state index contributed by atoms with van der Waals surface area (Å²) in [6.45, 7) is 6.18. The standard InChI is InChI=1S/C20H22N2O2/c1-4-12-5-7-13(8-6-12)17-14(11-21)19(22)24-16-10-20(2,3)9-15(23)18(16)17/h5-8,17H,4,9-10,22H2,1-3H3. The van der Waals surface area contributed by atoms with E-state index in [0.717, 1.165) is 12.0 Å². The van der Waals surface area contributed by atoms with E-state index in [2.05, 4.69) is 13.0 Å². The highest BCUT2D eigenvalue weighted by atomic mass is 16.5. The molecule has 1 aromatic rings. The zero-order valence-electron chi connectivity index (χ0n) is 14.3. The summed E-state index contributed by atoms with van der Waals surface area (Å²) in [7, 11) is 0. The number of Topliss-reactive ketones (excluding diaryl/α,β-unsaturated/α-hetero) is 1. The van der Waals surface area contributed by atoms with Gasteiger partial charge in [0.1, 0.15) is 17.4 Å². The van der Waals surface area contributed by atoms with Crippen LogP contribution in [0.3, 0.4) is 0 Å². The summed E-state index contributed by atoms with van der Waals surface area (Å²) < 4.78 is 5.69. The Morgan fingerprint density at radius 2 is 1.96 bits per heavy atom. The fourth-order valence-corrected chi connectivity index (χ4v) is 3.56. The minimum Gasteiger partial charge on any atom is -0.444 e. The number of aryl methyl sites for hydroxylation is 1. The molecule has 1 atom stereocenters. The van der Waals surface area contributed by atoms with E-state index >= 15 is 0 Å². The lowest BCUT2D eigenvalue weighted by molar-refractivity contribution is -0.119. The molecule has 3 rings (SSSR count). The third-order valence-electron chi connectivity index (χ3n) is 4.80. The maximum absolute atomic E-state index is 12.8. The van der Waals surface area contributed by atoms with Crippen molar-refractivity contribution in [2.75, 3.05) is 0 Å². The lowest BCUT2D eigenvalue weighted by atomic mass is 9.70. The quantitative estimate of drug-likeness (QED) is 0.900. The van der Waals surface area contributed by atoms with Crippen molar-refractivity contribution in [2.45, 2.75) is 46.0 Å². The van der Waals surface area contributed by atoms with E-state index < -0.39 is 5.92 Å². The number of nitrogens with zero attached hydrogens (tertiary/aromatic N) is 1. The summed E-state index contributed by atoms with van der Waals surface area (Å²) in [5.74, 6) is 0.364. The van der Waals surface area contributed by atoms with Gasteiger partial charge in [-0.3, -0.25) is 4.79 Å². The van der Waals surface area contributed by atoms with Gasteiger partial charge in [0, 0.05) is 18.4 Å². The number of hydrogen-bond donors (Lipinski definition) is 1. The number of allylic oxidation sites excluding steroid dienone is 3. The van der Waals surface area contributed by atoms with Gasteiger partial charge in [0.05, 0.1) is 5.92 Å². The first-order chi connectivity index (χ1) is 11.4. The average Bonchev–Trinajstić information content (AvgIpc) is 2.52. The van der Waals surface area contributed by atoms with E-state index in [0.29, 0.717) is 29.7 Å². The van der Waals surface area contributed by atoms with E-state index in [-0.39, 0.29) is 17.1 Å². The SMILES string of the molecule is CCc1ccc(C2C(C#N)=C(N)OC3=C2C(=O)CC(C)(C)C3)cc1. The van der Waals surface area contributed by atoms with Gasteiger partial charge in [-0.15, -0.1) is 0 Å². The summed E-state index contributed by atoms with van der Waals surface area (Å²) in [5, 5.41) is 9.57. The van der Waals surface area contributed by atoms with Crippen LogP contribution in [0.2, 0.25) is 0 Å². The number of nitrogens with two attached hydrogens (primary N) is 1. The molecule has 0 aromatic heterocycles. The second-order valence-electron chi connectivity index (χ2n) is 7.30. The number of hydrogen-bond acceptors (Lipinski definition) is 4. The van der Waals surface area contributed by atoms with E-state index in [1.54, 1.807) is 0 Å². The van der Waals surface area contributed by atoms with Gasteiger partial charge in [-0.25, -0.2) is 0 Å². The Kier molecular flexibility index (Phi) is 3.96. The monoisotopic (exact) mass is 322 g/mol. The van der Waals surface area contributed by atoms with Gasteiger partial charge >= 0.3 is 0 Å². The van der Waals surface area contributed by atoms with Crippen molar-refractivity contribution in [1.29, 1.82) is 5.26 Å². The normalized spacial score (nSPS) is 22.8. The topological polar surface area (TPSA) is 76.1 Å². The van der Waals surface area contributed by atoms with E-state index in [1.807, 2.05) is 38.1 Å². The van der Waals surface area contributed by atoms with Crippen LogP contribution < -0.4 is 5.73 Å². The number of carbonyl (C=O) groups excluding carboxylic acids is 1. The molecular weight excluding hydrogens is 300 g/mol. The highest BCUT2D eigenvalue weighted by Gasteiger charge is 2.42. The molecule has 0 bridgehead atoms. The Balaban J connectivity index is 2.14. The van der Waals surface area contributed by atoms with Gasteiger partial charge in [-0.1, -0.05) is 45.0 Å². The Bertz CT molecular complexity index is 792. The number of ether oxygens (including phenoxy) is 1. The second-order valence-corrected chi connectivity index (χ2v) is 7.30. The zero-order valence-corrected chi connectivity index (χ0v) is 14.3. The molecule has 4 heteroatoms. The fourth-order valence-electron chi connectivity index (χ4n) is 3.56. The first-order valence-corrected chi connectivity index (χ1v) is 8.29. The van der Waals surface area contributed by atoms with Crippen LogP contribution in [0.15, 0.2) is 47.1 Å². The fraction of sp³-hybridized carbons (Fsp3) is 0.400. The molecule has 1 heterocycles. The van der Waals surface area contributed by atoms with Crippen molar-refractivity contribution in [3.8, 4) is 6.07 Å². The van der Waals surface area contributed by atoms with Crippen molar-refractivity contribution >= 4 is 5.78 Å². The first-order valence-electron chi connectivity index (χ1n) is 8.29. The van der Waals surface area contributed by atoms with Crippen LogP contribution in [0.1, 0.15) is 50.7 Å². The molecule has 1 aliphatic heterocycles. The number of rotatable bonds is 2. The summed E-state index contributed by atoms with van der Waals surface area (Å²) in [4.78, 5) is 12.8. The molecule has 0 saturated carbocycles. The lowest BCUT2D eigenvalue weighted by Gasteiger charge is -2.37. The van der Waals surface area contributed by atoms with Crippen LogP contribution in [-0.4, -0.2) is 5.78 Å². The van der Waals surface area contributed by atoms with Gasteiger partial charge in [0.2, 0.25) is 5.88 Å². The molecule has 1 aliphatic carbocycles.